The Balaban J connectivity index is 4.67. The maximum absolute atomic E-state index is 9.91. The van der Waals surface area contributed by atoms with Crippen LogP contribution in [-0.4, -0.2) is 22.2 Å². The van der Waals surface area contributed by atoms with E-state index >= 15 is 0 Å². The molecule has 2 N–H and O–H groups in total. The zero-order valence-corrected chi connectivity index (χ0v) is 5.98. The van der Waals surface area contributed by atoms with Crippen LogP contribution in [0.25, 0.3) is 0 Å². The van der Waals surface area contributed by atoms with Crippen molar-refractivity contribution in [1.82, 2.24) is 0 Å². The van der Waals surface area contributed by atoms with Crippen molar-refractivity contribution in [3.05, 3.63) is 10.1 Å². The molecule has 0 aromatic rings. The highest BCUT2D eigenvalue weighted by Crippen LogP contribution is 2.13. The van der Waals surface area contributed by atoms with Gasteiger partial charge in [0, 0.05) is 0 Å². The average Bonchev–Trinajstić information content (AvgIpc) is 1.84. The van der Waals surface area contributed by atoms with E-state index < -0.39 is 22.0 Å². The van der Waals surface area contributed by atoms with Crippen molar-refractivity contribution in [1.29, 1.82) is 0 Å². The molecule has 0 aromatic carbocycles. The molecule has 0 unspecified atom stereocenters. The maximum atomic E-state index is 9.91. The van der Waals surface area contributed by atoms with Crippen LogP contribution in [0.5, 0.6) is 0 Å². The van der Waals surface area contributed by atoms with Crippen LogP contribution >= 0.6 is 23.2 Å². The molecular formula is C4H2Cl2O4. The third kappa shape index (κ3) is 2.24. The van der Waals surface area contributed by atoms with Gasteiger partial charge in [0.1, 0.15) is 0 Å². The van der Waals surface area contributed by atoms with E-state index in [0.29, 0.717) is 0 Å². The van der Waals surface area contributed by atoms with E-state index in [-0.39, 0.29) is 0 Å². The van der Waals surface area contributed by atoms with E-state index in [9.17, 15) is 9.59 Å². The van der Waals surface area contributed by atoms with Crippen molar-refractivity contribution < 1.29 is 19.8 Å². The van der Waals surface area contributed by atoms with Crippen LogP contribution in [0.3, 0.4) is 0 Å². The summed E-state index contributed by atoms with van der Waals surface area (Å²) in [5.41, 5.74) is 0. The zero-order valence-electron chi connectivity index (χ0n) is 4.47. The highest BCUT2D eigenvalue weighted by atomic mass is 35.5. The second-order valence-corrected chi connectivity index (χ2v) is 1.99. The number of carbonyl (C=O) groups is 2. The summed E-state index contributed by atoms with van der Waals surface area (Å²) in [6.07, 6.45) is 0. The van der Waals surface area contributed by atoms with Gasteiger partial charge in [0.05, 0.1) is 0 Å². The second-order valence-electron chi connectivity index (χ2n) is 1.24. The predicted octanol–water partition coefficient (Wildman–Crippen LogP) is 0.845. The monoisotopic (exact) mass is 184 g/mol. The van der Waals surface area contributed by atoms with E-state index in [2.05, 4.69) is 0 Å². The van der Waals surface area contributed by atoms with Gasteiger partial charge in [-0.1, -0.05) is 23.2 Å². The molecule has 0 spiro atoms. The Hall–Kier alpha value is -0.740. The van der Waals surface area contributed by atoms with Crippen LogP contribution in [0, 0.1) is 0 Å². The van der Waals surface area contributed by atoms with Gasteiger partial charge < -0.3 is 10.2 Å². The number of halogens is 2. The lowest BCUT2D eigenvalue weighted by Crippen LogP contribution is -2.02. The van der Waals surface area contributed by atoms with E-state index in [1.165, 1.54) is 0 Å². The van der Waals surface area contributed by atoms with Crippen LogP contribution in [0.15, 0.2) is 10.1 Å². The first-order valence-electron chi connectivity index (χ1n) is 1.98. The summed E-state index contributed by atoms with van der Waals surface area (Å²) in [7, 11) is 0. The Morgan fingerprint density at radius 3 is 1.20 bits per heavy atom. The Kier molecular flexibility index (Phi) is 3.18. The molecule has 0 aromatic heterocycles. The van der Waals surface area contributed by atoms with E-state index in [1.54, 1.807) is 0 Å². The van der Waals surface area contributed by atoms with Crippen LogP contribution in [0.2, 0.25) is 0 Å². The number of rotatable bonds is 2. The Morgan fingerprint density at radius 2 is 1.10 bits per heavy atom. The minimum atomic E-state index is -1.56. The van der Waals surface area contributed by atoms with Gasteiger partial charge in [-0.15, -0.1) is 0 Å². The molecule has 0 aliphatic rings. The number of carboxylic acids is 2. The Labute approximate surface area is 65.7 Å². The third-order valence-electron chi connectivity index (χ3n) is 0.568. The van der Waals surface area contributed by atoms with Crippen molar-refractivity contribution in [3.63, 3.8) is 0 Å². The SMILES string of the molecule is O=C(O)/C(Cl)=C(\Cl)C(=O)O. The molecule has 0 atom stereocenters. The first-order valence-corrected chi connectivity index (χ1v) is 2.74. The van der Waals surface area contributed by atoms with Crippen molar-refractivity contribution in [2.24, 2.45) is 0 Å². The molecule has 0 fully saturated rings. The number of aliphatic carboxylic acids is 2. The van der Waals surface area contributed by atoms with Crippen molar-refractivity contribution >= 4 is 35.1 Å². The topological polar surface area (TPSA) is 74.6 Å². The molecule has 0 aliphatic heterocycles. The predicted molar refractivity (Wildman–Crippen MR) is 34.0 cm³/mol. The standard InChI is InChI=1S/C4H2Cl2O4/c5-1(3(7)8)2(6)4(9)10/h(H,7,8)(H,9,10)/b2-1+. The molecule has 0 bridgehead atoms. The Bertz CT molecular complexity index is 185. The van der Waals surface area contributed by atoms with Gasteiger partial charge >= 0.3 is 11.9 Å². The summed E-state index contributed by atoms with van der Waals surface area (Å²) in [5.74, 6) is -3.12. The van der Waals surface area contributed by atoms with Crippen molar-refractivity contribution in [2.75, 3.05) is 0 Å². The number of hydrogen-bond donors (Lipinski definition) is 2. The molecule has 0 rings (SSSR count). The average molecular weight is 185 g/mol. The van der Waals surface area contributed by atoms with Gasteiger partial charge in [-0.25, -0.2) is 9.59 Å². The smallest absolute Gasteiger partial charge is 0.349 e. The molecule has 0 aliphatic carbocycles. The quantitative estimate of drug-likeness (QED) is 0.625. The first kappa shape index (κ1) is 9.26. The van der Waals surface area contributed by atoms with Gasteiger partial charge in [-0.2, -0.15) is 0 Å². The number of carboxylic acid groups (broad SMARTS) is 2. The summed E-state index contributed by atoms with van der Waals surface area (Å²) < 4.78 is 0. The van der Waals surface area contributed by atoms with Crippen molar-refractivity contribution in [3.8, 4) is 0 Å². The molecular weight excluding hydrogens is 183 g/mol. The fraction of sp³-hybridized carbons (Fsp3) is 0. The van der Waals surface area contributed by atoms with Gasteiger partial charge in [0.15, 0.2) is 10.1 Å². The molecule has 4 nitrogen and oxygen atoms in total. The lowest BCUT2D eigenvalue weighted by molar-refractivity contribution is -0.134. The third-order valence-corrected chi connectivity index (χ3v) is 1.37. The molecule has 0 saturated carbocycles. The zero-order chi connectivity index (χ0) is 8.31. The summed E-state index contributed by atoms with van der Waals surface area (Å²) >= 11 is 9.86. The normalized spacial score (nSPS) is 12.2. The van der Waals surface area contributed by atoms with Crippen LogP contribution in [-0.2, 0) is 9.59 Å². The molecule has 10 heavy (non-hydrogen) atoms. The lowest BCUT2D eigenvalue weighted by atomic mass is 10.5. The molecule has 0 radical (unpaired) electrons. The minimum absolute atomic E-state index is 0.894. The van der Waals surface area contributed by atoms with Gasteiger partial charge in [0.2, 0.25) is 0 Å². The van der Waals surface area contributed by atoms with Gasteiger partial charge in [-0.05, 0) is 0 Å². The van der Waals surface area contributed by atoms with E-state index in [0.717, 1.165) is 0 Å². The lowest BCUT2D eigenvalue weighted by Gasteiger charge is -1.90. The van der Waals surface area contributed by atoms with Crippen molar-refractivity contribution in [2.45, 2.75) is 0 Å². The highest BCUT2D eigenvalue weighted by molar-refractivity contribution is 6.52. The molecule has 56 valence electrons. The van der Waals surface area contributed by atoms with Crippen LogP contribution < -0.4 is 0 Å². The summed E-state index contributed by atoms with van der Waals surface area (Å²) in [4.78, 5) is 19.8. The van der Waals surface area contributed by atoms with E-state index in [1.807, 2.05) is 0 Å². The van der Waals surface area contributed by atoms with Crippen LogP contribution in [0.1, 0.15) is 0 Å². The largest absolute Gasteiger partial charge is 0.477 e. The van der Waals surface area contributed by atoms with Crippen LogP contribution in [0.4, 0.5) is 0 Å². The molecule has 6 heteroatoms. The second kappa shape index (κ2) is 3.43. The fourth-order valence-electron chi connectivity index (χ4n) is 0.188. The maximum Gasteiger partial charge on any atom is 0.349 e. The minimum Gasteiger partial charge on any atom is -0.477 e. The summed E-state index contributed by atoms with van der Waals surface area (Å²) in [5, 5.41) is 14.3. The molecule has 0 heterocycles. The molecule has 0 amide bonds. The first-order chi connectivity index (χ1) is 4.46. The fourth-order valence-corrected chi connectivity index (χ4v) is 0.349. The summed E-state index contributed by atoms with van der Waals surface area (Å²) in [6, 6.07) is 0. The molecule has 0 saturated heterocycles. The van der Waals surface area contributed by atoms with E-state index in [4.69, 9.17) is 33.4 Å². The highest BCUT2D eigenvalue weighted by Gasteiger charge is 2.15. The summed E-state index contributed by atoms with van der Waals surface area (Å²) in [6.45, 7) is 0. The van der Waals surface area contributed by atoms with Gasteiger partial charge in [0.25, 0.3) is 0 Å². The Morgan fingerprint density at radius 1 is 0.900 bits per heavy atom. The number of hydrogen-bond acceptors (Lipinski definition) is 2. The van der Waals surface area contributed by atoms with Gasteiger partial charge in [-0.3, -0.25) is 0 Å².